The third-order valence-corrected chi connectivity index (χ3v) is 28.4. The van der Waals surface area contributed by atoms with E-state index in [1.807, 2.05) is 188 Å². The summed E-state index contributed by atoms with van der Waals surface area (Å²) in [5.74, 6) is 5.52. The van der Waals surface area contributed by atoms with Gasteiger partial charge in [0.05, 0.1) is 38.8 Å². The fourth-order valence-corrected chi connectivity index (χ4v) is 21.5. The molecule has 0 N–H and O–H groups in total. The first-order chi connectivity index (χ1) is 74.4. The van der Waals surface area contributed by atoms with E-state index in [1.165, 1.54) is 10.8 Å². The summed E-state index contributed by atoms with van der Waals surface area (Å²) in [7, 11) is 0. The monoisotopic (exact) mass is 1920 g/mol. The van der Waals surface area contributed by atoms with Crippen LogP contribution in [0.15, 0.2) is 523 Å². The van der Waals surface area contributed by atoms with Gasteiger partial charge in [-0.25, -0.2) is 24.9 Å². The lowest BCUT2D eigenvalue weighted by Crippen LogP contribution is -2.06. The highest BCUT2D eigenvalue weighted by Gasteiger charge is 2.27. The minimum Gasteiger partial charge on any atom is -0.456 e. The van der Waals surface area contributed by atoms with Crippen molar-refractivity contribution >= 4 is 131 Å². The van der Waals surface area contributed by atoms with Crippen LogP contribution in [0.2, 0.25) is 0 Å². The highest BCUT2D eigenvalue weighted by Crippen LogP contribution is 2.47. The topological polar surface area (TPSA) is 170 Å². The minimum absolute atomic E-state index is 0.559. The fourth-order valence-electron chi connectivity index (χ4n) is 21.5. The number of para-hydroxylation sites is 7. The molecule has 15 nitrogen and oxygen atoms in total. The van der Waals surface area contributed by atoms with Crippen LogP contribution in [0.25, 0.3) is 284 Å². The molecule has 0 unspecified atom stereocenters. The van der Waals surface area contributed by atoms with E-state index in [-0.39, 0.29) is 0 Å². The fraction of sp³-hybridized carbons (Fsp3) is 0. The standard InChI is InChI=1S/C51H32N4O.C45H28N4O.C39H24N4O/c1-3-13-33(14-4-1)35-25-27-36(28-26-35)49-52-50(39-18-11-17-37(31-39)34-15-5-2-6-16-34)54-51(53-49)55-44-22-9-7-19-41(44)43-32-38(29-30-45(43)55)40-21-12-24-47-48(40)42-20-8-10-23-46(42)56-47;1-3-14-29(15-4-1)43-46-44(30-16-5-2-6-17-30)48-45(47-43)34-19-8-11-23-38(34)49-37-22-10-7-18-33(37)36-28-31(26-27-39(36)49)32-21-13-25-41-42(32)35-20-9-12-24-40(35)50-41;1-3-12-25(13-4-1)37-40-38(26-14-5-2-6-15-26)42-39(41-37)43-32-19-9-7-16-29(32)31-24-27(22-23-33(31)43)28-18-11-21-35-36(28)30-17-8-10-20-34(30)44-35/h1-32H;1-28H;1-24H. The van der Waals surface area contributed by atoms with Gasteiger partial charge >= 0.3 is 0 Å². The first kappa shape index (κ1) is 87.3. The molecule has 9 aromatic heterocycles. The predicted molar refractivity (Wildman–Crippen MR) is 610 cm³/mol. The van der Waals surface area contributed by atoms with Crippen molar-refractivity contribution in [3.63, 3.8) is 0 Å². The Morgan fingerprint density at radius 1 is 0.133 bits per heavy atom. The van der Waals surface area contributed by atoms with Gasteiger partial charge in [0.15, 0.2) is 40.8 Å². The Balaban J connectivity index is 0.000000109. The van der Waals surface area contributed by atoms with E-state index in [0.29, 0.717) is 52.7 Å². The first-order valence-electron chi connectivity index (χ1n) is 50.1. The Labute approximate surface area is 859 Å². The molecule has 0 atom stereocenters. The molecule has 0 aliphatic heterocycles. The van der Waals surface area contributed by atoms with Crippen LogP contribution in [0.4, 0.5) is 0 Å². The van der Waals surface area contributed by atoms with E-state index in [0.717, 1.165) is 221 Å². The quantitative estimate of drug-likeness (QED) is 0.0953. The molecule has 0 saturated heterocycles. The van der Waals surface area contributed by atoms with Crippen LogP contribution >= 0.6 is 0 Å². The lowest BCUT2D eigenvalue weighted by atomic mass is 9.98. The Bertz CT molecular complexity index is 10400. The van der Waals surface area contributed by atoms with Crippen LogP contribution < -0.4 is 0 Å². The molecule has 150 heavy (non-hydrogen) atoms. The molecule has 0 radical (unpaired) electrons. The second kappa shape index (κ2) is 37.0. The zero-order valence-electron chi connectivity index (χ0n) is 80.6. The number of aromatic nitrogens is 12. The first-order valence-corrected chi connectivity index (χ1v) is 50.1. The summed E-state index contributed by atoms with van der Waals surface area (Å²) in [6, 6.07) is 176. The lowest BCUT2D eigenvalue weighted by molar-refractivity contribution is 0.668. The summed E-state index contributed by atoms with van der Waals surface area (Å²) >= 11 is 0. The van der Waals surface area contributed by atoms with Gasteiger partial charge in [-0.05, 0) is 165 Å². The number of rotatable bonds is 15. The predicted octanol–water partition coefficient (Wildman–Crippen LogP) is 34.6. The number of benzene rings is 21. The van der Waals surface area contributed by atoms with Crippen LogP contribution in [0.5, 0.6) is 0 Å². The van der Waals surface area contributed by atoms with Gasteiger partial charge in [0.1, 0.15) is 33.5 Å². The number of hydrogen-bond donors (Lipinski definition) is 0. The maximum absolute atomic E-state index is 6.26. The summed E-state index contributed by atoms with van der Waals surface area (Å²) in [4.78, 5) is 45.7. The molecule has 0 saturated carbocycles. The van der Waals surface area contributed by atoms with Gasteiger partial charge in [-0.2, -0.15) is 19.9 Å². The largest absolute Gasteiger partial charge is 0.456 e. The third-order valence-electron chi connectivity index (χ3n) is 28.4. The third kappa shape index (κ3) is 15.6. The van der Waals surface area contributed by atoms with Crippen LogP contribution in [0, 0.1) is 0 Å². The summed E-state index contributed by atoms with van der Waals surface area (Å²) in [5.41, 5.74) is 30.5. The minimum atomic E-state index is 0.559. The summed E-state index contributed by atoms with van der Waals surface area (Å²) in [6.45, 7) is 0. The molecule has 0 aliphatic carbocycles. The average Bonchev–Trinajstić information content (AvgIpc) is 1.58. The normalized spacial score (nSPS) is 11.6. The molecular formula is C135H84N12O3. The van der Waals surface area contributed by atoms with E-state index < -0.39 is 0 Å². The van der Waals surface area contributed by atoms with Gasteiger partial charge in [-0.3, -0.25) is 9.13 Å². The van der Waals surface area contributed by atoms with Gasteiger partial charge in [0.25, 0.3) is 0 Å². The molecular weight excluding hydrogens is 1840 g/mol. The van der Waals surface area contributed by atoms with Crippen molar-refractivity contribution in [2.75, 3.05) is 0 Å². The zero-order chi connectivity index (χ0) is 99.1. The highest BCUT2D eigenvalue weighted by atomic mass is 16.3. The van der Waals surface area contributed by atoms with Crippen molar-refractivity contribution in [1.29, 1.82) is 0 Å². The van der Waals surface area contributed by atoms with Crippen LogP contribution in [0.1, 0.15) is 0 Å². The Hall–Kier alpha value is -20.6. The number of nitrogens with zero attached hydrogens (tertiary/aromatic N) is 12. The van der Waals surface area contributed by atoms with Gasteiger partial charge < -0.3 is 17.8 Å². The van der Waals surface area contributed by atoms with Crippen molar-refractivity contribution in [2.45, 2.75) is 0 Å². The second-order valence-corrected chi connectivity index (χ2v) is 37.3. The SMILES string of the molecule is c1ccc(-c2ccc(-c3nc(-c4cccc(-c5ccccc5)c4)nc(-n4c5ccccc5c5cc(-c6cccc7oc8ccccc8c67)ccc54)n3)cc2)cc1.c1ccc(-c2nc(-c3ccccc3)nc(-c3ccccc3-n3c4ccccc4c4cc(-c5cccc6oc7ccccc7c56)ccc43)n2)cc1.c1ccc(-c2nc(-c3ccccc3)nc(-n3c4ccccc4c4cc(-c5cccc6oc7ccccc7c56)ccc43)n2)cc1. The van der Waals surface area contributed by atoms with Crippen LogP contribution in [-0.4, -0.2) is 58.6 Å². The molecule has 0 bridgehead atoms. The smallest absolute Gasteiger partial charge is 0.238 e. The number of hydrogen-bond acceptors (Lipinski definition) is 12. The Morgan fingerprint density at radius 2 is 0.373 bits per heavy atom. The molecule has 0 amide bonds. The summed E-state index contributed by atoms with van der Waals surface area (Å²) in [6.07, 6.45) is 0. The summed E-state index contributed by atoms with van der Waals surface area (Å²) in [5, 5.41) is 13.6. The molecule has 30 aromatic rings. The van der Waals surface area contributed by atoms with Gasteiger partial charge in [0, 0.05) is 104 Å². The molecule has 702 valence electrons. The van der Waals surface area contributed by atoms with E-state index in [1.54, 1.807) is 0 Å². The second-order valence-electron chi connectivity index (χ2n) is 37.3. The van der Waals surface area contributed by atoms with Gasteiger partial charge in [-0.1, -0.05) is 400 Å². The molecule has 21 aromatic carbocycles. The molecule has 15 heteroatoms. The number of furan rings is 3. The van der Waals surface area contributed by atoms with Crippen molar-refractivity contribution in [1.82, 2.24) is 58.6 Å². The van der Waals surface area contributed by atoms with Crippen LogP contribution in [-0.2, 0) is 0 Å². The molecule has 9 heterocycles. The van der Waals surface area contributed by atoms with Gasteiger partial charge in [-0.15, -0.1) is 0 Å². The van der Waals surface area contributed by atoms with Crippen molar-refractivity contribution < 1.29 is 13.3 Å². The molecule has 30 rings (SSSR count). The van der Waals surface area contributed by atoms with Crippen molar-refractivity contribution in [3.8, 4) is 153 Å². The molecule has 0 fully saturated rings. The van der Waals surface area contributed by atoms with Gasteiger partial charge in [0.2, 0.25) is 11.9 Å². The maximum Gasteiger partial charge on any atom is 0.238 e. The van der Waals surface area contributed by atoms with E-state index >= 15 is 0 Å². The lowest BCUT2D eigenvalue weighted by Gasteiger charge is -2.14. The number of fused-ring (bicyclic) bond motifs is 18. The Morgan fingerprint density at radius 3 is 0.767 bits per heavy atom. The van der Waals surface area contributed by atoms with Crippen molar-refractivity contribution in [3.05, 3.63) is 510 Å². The molecule has 0 spiro atoms. The average molecular weight is 1920 g/mol. The zero-order valence-corrected chi connectivity index (χ0v) is 80.6. The summed E-state index contributed by atoms with van der Waals surface area (Å²) < 4.78 is 25.4. The Kier molecular flexibility index (Phi) is 21.5. The van der Waals surface area contributed by atoms with Crippen molar-refractivity contribution in [2.24, 2.45) is 0 Å². The van der Waals surface area contributed by atoms with Crippen LogP contribution in [0.3, 0.4) is 0 Å². The van der Waals surface area contributed by atoms with E-state index in [9.17, 15) is 0 Å². The molecule has 0 aliphatic rings. The van der Waals surface area contributed by atoms with E-state index in [2.05, 4.69) is 335 Å². The highest BCUT2D eigenvalue weighted by molar-refractivity contribution is 6.19. The maximum atomic E-state index is 6.26. The van der Waals surface area contributed by atoms with E-state index in [4.69, 9.17) is 58.1 Å².